The van der Waals surface area contributed by atoms with Crippen molar-refractivity contribution < 1.29 is 9.31 Å². The van der Waals surface area contributed by atoms with Crippen LogP contribution in [0, 0.1) is 0 Å². The smallest absolute Gasteiger partial charge is 0.399 e. The molecule has 1 aliphatic heterocycles. The molecule has 0 aromatic heterocycles. The van der Waals surface area contributed by atoms with Crippen LogP contribution in [-0.2, 0) is 9.31 Å². The number of fused-ring (bicyclic) bond motifs is 2. The highest BCUT2D eigenvalue weighted by Gasteiger charge is 2.51. The van der Waals surface area contributed by atoms with Crippen LogP contribution >= 0.6 is 0 Å². The molecule has 1 fully saturated rings. The van der Waals surface area contributed by atoms with E-state index in [0.29, 0.717) is 0 Å². The average molecular weight is 539 g/mol. The highest BCUT2D eigenvalue weighted by molar-refractivity contribution is 6.72. The first kappa shape index (κ1) is 29.1. The Labute approximate surface area is 257 Å². The molecule has 1 heterocycles. The molecular weight excluding hydrogens is 503 g/mol. The number of benzene rings is 5. The molecule has 1 aliphatic rings. The van der Waals surface area contributed by atoms with E-state index in [1.807, 2.05) is 0 Å². The van der Waals surface area contributed by atoms with Crippen molar-refractivity contribution in [1.82, 2.24) is 0 Å². The summed E-state index contributed by atoms with van der Waals surface area (Å²) in [5, 5.41) is 5.35. The quantitative estimate of drug-likeness (QED) is 0.215. The Morgan fingerprint density at radius 3 is 1.60 bits per heavy atom. The lowest BCUT2D eigenvalue weighted by Gasteiger charge is -2.32. The first-order chi connectivity index (χ1) is 19.7. The lowest BCUT2D eigenvalue weighted by molar-refractivity contribution is 0.00578. The Morgan fingerprint density at radius 2 is 1.00 bits per heavy atom. The van der Waals surface area contributed by atoms with Crippen LogP contribution in [0.2, 0.25) is 0 Å². The van der Waals surface area contributed by atoms with Gasteiger partial charge in [0.15, 0.2) is 0 Å². The van der Waals surface area contributed by atoms with Gasteiger partial charge in [0, 0.05) is 0 Å². The Kier molecular flexibility index (Phi) is 6.99. The van der Waals surface area contributed by atoms with E-state index < -0.39 is 0 Å². The van der Waals surface area contributed by atoms with Crippen molar-refractivity contribution in [2.45, 2.75) is 38.9 Å². The molecular formula is C32H36B8O2. The molecule has 1 saturated heterocycles. The van der Waals surface area contributed by atoms with Gasteiger partial charge in [0.2, 0.25) is 0 Å². The molecule has 200 valence electrons. The fraction of sp³-hybridized carbons (Fsp3) is 0.188. The van der Waals surface area contributed by atoms with Crippen LogP contribution in [0.5, 0.6) is 0 Å². The summed E-state index contributed by atoms with van der Waals surface area (Å²) in [6.45, 7) is 8.42. The van der Waals surface area contributed by atoms with E-state index in [9.17, 15) is 0 Å². The standard InChI is InChI=1S/C32H36B8O2/c1-31(2)32(3,4)42-40(41-31)16-9-5-8-15(14-16)17-10-6-12-19-18(17)11-7-13-20(19)21-22-23(26(35)28(37)24(21)33)27(36)30(39)29(38)25(22)34/h5-14H,33-39H2,1-4H3. The van der Waals surface area contributed by atoms with Gasteiger partial charge in [-0.3, -0.25) is 0 Å². The van der Waals surface area contributed by atoms with Gasteiger partial charge < -0.3 is 9.31 Å². The molecule has 0 N–H and O–H groups in total. The van der Waals surface area contributed by atoms with Gasteiger partial charge in [-0.05, 0) is 77.0 Å². The molecule has 0 radical (unpaired) electrons. The summed E-state index contributed by atoms with van der Waals surface area (Å²) in [4.78, 5) is 0. The van der Waals surface area contributed by atoms with Gasteiger partial charge in [0.25, 0.3) is 0 Å². The number of hydrogen-bond acceptors (Lipinski definition) is 2. The molecule has 0 amide bonds. The molecule has 0 bridgehead atoms. The second-order valence-electron chi connectivity index (χ2n) is 13.4. The number of rotatable bonds is 3. The zero-order valence-corrected chi connectivity index (χ0v) is 27.2. The number of hydrogen-bond donors (Lipinski definition) is 0. The molecule has 42 heavy (non-hydrogen) atoms. The van der Waals surface area contributed by atoms with E-state index in [-0.39, 0.29) is 18.3 Å². The molecule has 0 atom stereocenters. The average Bonchev–Trinajstić information content (AvgIpc) is 3.19. The summed E-state index contributed by atoms with van der Waals surface area (Å²) in [5.74, 6) is 0. The van der Waals surface area contributed by atoms with Crippen LogP contribution in [0.4, 0.5) is 0 Å². The first-order valence-electron chi connectivity index (χ1n) is 15.2. The Morgan fingerprint density at radius 1 is 0.524 bits per heavy atom. The third-order valence-corrected chi connectivity index (χ3v) is 10.7. The van der Waals surface area contributed by atoms with Crippen molar-refractivity contribution in [1.29, 1.82) is 0 Å². The molecule has 5 aromatic rings. The predicted molar refractivity (Wildman–Crippen MR) is 205 cm³/mol. The maximum atomic E-state index is 6.40. The van der Waals surface area contributed by atoms with E-state index >= 15 is 0 Å². The minimum atomic E-state index is -0.386. The molecule has 0 unspecified atom stereocenters. The molecule has 2 nitrogen and oxygen atoms in total. The molecule has 0 aliphatic carbocycles. The second-order valence-corrected chi connectivity index (χ2v) is 13.4. The molecule has 6 rings (SSSR count). The van der Waals surface area contributed by atoms with E-state index in [0.717, 1.165) is 5.46 Å². The van der Waals surface area contributed by atoms with Crippen LogP contribution < -0.4 is 43.7 Å². The second kappa shape index (κ2) is 10.1. The van der Waals surface area contributed by atoms with E-state index in [2.05, 4.69) is 143 Å². The third kappa shape index (κ3) is 4.28. The molecule has 10 heteroatoms. The SMILES string of the molecule is Bc1c(B)c(B)c2c(-c3cccc4c(-c5cccc(B6OC(C)(C)C(C)(C)O6)c5)cccc34)c(B)c(B)c(B)c2c1B. The first-order valence-corrected chi connectivity index (χ1v) is 15.2. The van der Waals surface area contributed by atoms with Gasteiger partial charge in [-0.25, -0.2) is 0 Å². The maximum absolute atomic E-state index is 6.40. The Bertz CT molecular complexity index is 1910. The fourth-order valence-corrected chi connectivity index (χ4v) is 6.89. The summed E-state index contributed by atoms with van der Waals surface area (Å²) in [6.07, 6.45) is 0. The summed E-state index contributed by atoms with van der Waals surface area (Å²) in [6, 6.07) is 22.2. The van der Waals surface area contributed by atoms with Crippen LogP contribution in [0.25, 0.3) is 43.8 Å². The largest absolute Gasteiger partial charge is 0.494 e. The van der Waals surface area contributed by atoms with Crippen molar-refractivity contribution in [3.63, 3.8) is 0 Å². The van der Waals surface area contributed by atoms with Gasteiger partial charge >= 0.3 is 7.12 Å². The normalized spacial score (nSPS) is 16.0. The summed E-state index contributed by atoms with van der Waals surface area (Å²) in [5.41, 5.74) is 15.1. The van der Waals surface area contributed by atoms with E-state index in [1.165, 1.54) is 82.0 Å². The van der Waals surface area contributed by atoms with Crippen LogP contribution in [0.3, 0.4) is 0 Å². The summed E-state index contributed by atoms with van der Waals surface area (Å²) >= 11 is 0. The fourth-order valence-electron chi connectivity index (χ4n) is 6.89. The zero-order chi connectivity index (χ0) is 30.3. The van der Waals surface area contributed by atoms with Crippen molar-refractivity contribution >= 4 is 127 Å². The molecule has 0 saturated carbocycles. The minimum Gasteiger partial charge on any atom is -0.399 e. The predicted octanol–water partition coefficient (Wildman–Crippen LogP) is -4.56. The monoisotopic (exact) mass is 540 g/mol. The minimum absolute atomic E-state index is 0.373. The lowest BCUT2D eigenvalue weighted by Crippen LogP contribution is -2.52. The summed E-state index contributed by atoms with van der Waals surface area (Å²) < 4.78 is 12.8. The molecule has 5 aromatic carbocycles. The van der Waals surface area contributed by atoms with Gasteiger partial charge in [0.05, 0.1) is 11.2 Å². The Hall–Kier alpha value is -2.94. The summed E-state index contributed by atoms with van der Waals surface area (Å²) in [7, 11) is 15.6. The third-order valence-electron chi connectivity index (χ3n) is 10.7. The van der Waals surface area contributed by atoms with Crippen molar-refractivity contribution in [3.05, 3.63) is 60.7 Å². The van der Waals surface area contributed by atoms with Crippen LogP contribution in [-0.4, -0.2) is 73.2 Å². The van der Waals surface area contributed by atoms with Crippen molar-refractivity contribution in [2.24, 2.45) is 0 Å². The topological polar surface area (TPSA) is 18.5 Å². The highest BCUT2D eigenvalue weighted by Crippen LogP contribution is 2.38. The Balaban J connectivity index is 1.58. The van der Waals surface area contributed by atoms with Gasteiger partial charge in [-0.1, -0.05) is 82.5 Å². The molecule has 0 spiro atoms. The van der Waals surface area contributed by atoms with Crippen LogP contribution in [0.15, 0.2) is 60.7 Å². The van der Waals surface area contributed by atoms with Crippen molar-refractivity contribution in [3.8, 4) is 22.3 Å². The van der Waals surface area contributed by atoms with Crippen molar-refractivity contribution in [2.75, 3.05) is 0 Å². The zero-order valence-electron chi connectivity index (χ0n) is 27.2. The van der Waals surface area contributed by atoms with Gasteiger partial charge in [-0.2, -0.15) is 0 Å². The van der Waals surface area contributed by atoms with Gasteiger partial charge in [0.1, 0.15) is 54.9 Å². The lowest BCUT2D eigenvalue weighted by atomic mass is 9.58. The maximum Gasteiger partial charge on any atom is 0.494 e. The van der Waals surface area contributed by atoms with Crippen LogP contribution in [0.1, 0.15) is 27.7 Å². The highest BCUT2D eigenvalue weighted by atomic mass is 16.7. The van der Waals surface area contributed by atoms with E-state index in [1.54, 1.807) is 0 Å². The van der Waals surface area contributed by atoms with Gasteiger partial charge in [-0.15, -0.1) is 16.4 Å². The van der Waals surface area contributed by atoms with E-state index in [4.69, 9.17) is 9.31 Å².